The van der Waals surface area contributed by atoms with Crippen LogP contribution in [0.2, 0.25) is 0 Å². The Labute approximate surface area is 121 Å². The van der Waals surface area contributed by atoms with Crippen molar-refractivity contribution in [1.82, 2.24) is 30.4 Å². The zero-order chi connectivity index (χ0) is 14.9. The molecule has 0 spiro atoms. The van der Waals surface area contributed by atoms with Gasteiger partial charge in [-0.25, -0.2) is 0 Å². The molecule has 0 radical (unpaired) electrons. The zero-order valence-corrected chi connectivity index (χ0v) is 13.6. The van der Waals surface area contributed by atoms with Crippen LogP contribution in [-0.2, 0) is 13.6 Å². The Morgan fingerprint density at radius 3 is 2.55 bits per heavy atom. The first-order valence-electron chi connectivity index (χ1n) is 7.47. The van der Waals surface area contributed by atoms with E-state index in [2.05, 4.69) is 60.2 Å². The van der Waals surface area contributed by atoms with Crippen LogP contribution in [0.4, 0.5) is 0 Å². The smallest absolute Gasteiger partial charge is 0.188 e. The van der Waals surface area contributed by atoms with Gasteiger partial charge in [0.1, 0.15) is 0 Å². The van der Waals surface area contributed by atoms with Crippen LogP contribution in [0.3, 0.4) is 0 Å². The van der Waals surface area contributed by atoms with E-state index >= 15 is 0 Å². The molecule has 1 saturated heterocycles. The van der Waals surface area contributed by atoms with Crippen LogP contribution < -0.4 is 5.32 Å². The minimum Gasteiger partial charge on any atom is -0.311 e. The van der Waals surface area contributed by atoms with Crippen LogP contribution in [0, 0.1) is 11.3 Å². The van der Waals surface area contributed by atoms with E-state index in [0.29, 0.717) is 18.0 Å². The van der Waals surface area contributed by atoms with E-state index in [1.54, 1.807) is 0 Å². The van der Waals surface area contributed by atoms with Crippen molar-refractivity contribution in [3.8, 4) is 0 Å². The van der Waals surface area contributed by atoms with Gasteiger partial charge in [-0.1, -0.05) is 34.6 Å². The molecule has 1 aliphatic rings. The van der Waals surface area contributed by atoms with Crippen molar-refractivity contribution in [3.63, 3.8) is 0 Å². The highest BCUT2D eigenvalue weighted by Crippen LogP contribution is 2.26. The van der Waals surface area contributed by atoms with Crippen molar-refractivity contribution in [3.05, 3.63) is 5.82 Å². The topological polar surface area (TPSA) is 58.9 Å². The number of hydrogen-bond acceptors (Lipinski definition) is 5. The molecule has 114 valence electrons. The molecular weight excluding hydrogens is 252 g/mol. The van der Waals surface area contributed by atoms with Gasteiger partial charge in [0, 0.05) is 25.2 Å². The van der Waals surface area contributed by atoms with Gasteiger partial charge in [-0.15, -0.1) is 10.2 Å². The Morgan fingerprint density at radius 1 is 1.35 bits per heavy atom. The van der Waals surface area contributed by atoms with Gasteiger partial charge in [0.05, 0.1) is 13.6 Å². The first-order valence-corrected chi connectivity index (χ1v) is 7.47. The summed E-state index contributed by atoms with van der Waals surface area (Å²) >= 11 is 0. The summed E-state index contributed by atoms with van der Waals surface area (Å²) in [6.07, 6.45) is 0. The second-order valence-electron chi connectivity index (χ2n) is 7.26. The van der Waals surface area contributed by atoms with E-state index in [4.69, 9.17) is 0 Å². The summed E-state index contributed by atoms with van der Waals surface area (Å²) in [5.41, 5.74) is 0.260. The monoisotopic (exact) mass is 280 g/mol. The number of piperazine rings is 1. The summed E-state index contributed by atoms with van der Waals surface area (Å²) in [6, 6.07) is 1.02. The van der Waals surface area contributed by atoms with Crippen LogP contribution in [0.15, 0.2) is 0 Å². The van der Waals surface area contributed by atoms with Crippen molar-refractivity contribution < 1.29 is 0 Å². The molecule has 1 aromatic heterocycles. The van der Waals surface area contributed by atoms with Crippen LogP contribution >= 0.6 is 0 Å². The second-order valence-corrected chi connectivity index (χ2v) is 7.26. The van der Waals surface area contributed by atoms with Crippen molar-refractivity contribution in [2.45, 2.75) is 53.2 Å². The lowest BCUT2D eigenvalue weighted by molar-refractivity contribution is 0.0552. The number of hydrogen-bond donors (Lipinski definition) is 1. The number of nitrogens with one attached hydrogen (secondary N) is 1. The van der Waals surface area contributed by atoms with Crippen LogP contribution in [0.25, 0.3) is 0 Å². The molecule has 1 N–H and O–H groups in total. The molecule has 6 nitrogen and oxygen atoms in total. The summed E-state index contributed by atoms with van der Waals surface area (Å²) in [7, 11) is 1.81. The number of aryl methyl sites for hydroxylation is 1. The Hall–Kier alpha value is -1.01. The maximum absolute atomic E-state index is 4.32. The number of nitrogens with zero attached hydrogens (tertiary/aromatic N) is 5. The molecule has 0 aliphatic carbocycles. The van der Waals surface area contributed by atoms with E-state index < -0.39 is 0 Å². The van der Waals surface area contributed by atoms with Gasteiger partial charge >= 0.3 is 0 Å². The summed E-state index contributed by atoms with van der Waals surface area (Å²) in [4.78, 5) is 4.04. The molecule has 0 bridgehead atoms. The molecule has 0 aromatic carbocycles. The predicted molar refractivity (Wildman–Crippen MR) is 79.1 cm³/mol. The highest BCUT2D eigenvalue weighted by Gasteiger charge is 2.35. The summed E-state index contributed by atoms with van der Waals surface area (Å²) < 4.78 is 0. The molecule has 20 heavy (non-hydrogen) atoms. The summed E-state index contributed by atoms with van der Waals surface area (Å²) in [6.45, 7) is 14.3. The second kappa shape index (κ2) is 5.77. The molecule has 0 saturated carbocycles. The molecular formula is C14H28N6. The van der Waals surface area contributed by atoms with Crippen molar-refractivity contribution in [2.24, 2.45) is 18.4 Å². The third-order valence-corrected chi connectivity index (χ3v) is 4.17. The van der Waals surface area contributed by atoms with E-state index in [1.807, 2.05) is 7.05 Å². The maximum atomic E-state index is 4.32. The molecule has 2 rings (SSSR count). The highest BCUT2D eigenvalue weighted by molar-refractivity contribution is 4.94. The van der Waals surface area contributed by atoms with Gasteiger partial charge in [-0.3, -0.25) is 4.90 Å². The van der Waals surface area contributed by atoms with Gasteiger partial charge in [-0.05, 0) is 16.5 Å². The first kappa shape index (κ1) is 15.4. The molecule has 1 aliphatic heterocycles. The van der Waals surface area contributed by atoms with Crippen molar-refractivity contribution in [2.75, 3.05) is 13.1 Å². The van der Waals surface area contributed by atoms with Gasteiger partial charge in [0.2, 0.25) is 0 Å². The van der Waals surface area contributed by atoms with Gasteiger partial charge in [0.15, 0.2) is 5.82 Å². The number of tetrazole rings is 1. The fraction of sp³-hybridized carbons (Fsp3) is 0.929. The number of rotatable bonds is 3. The van der Waals surface area contributed by atoms with E-state index in [0.717, 1.165) is 25.5 Å². The van der Waals surface area contributed by atoms with E-state index in [9.17, 15) is 0 Å². The molecule has 2 heterocycles. The Kier molecular flexibility index (Phi) is 4.44. The van der Waals surface area contributed by atoms with Gasteiger partial charge < -0.3 is 5.32 Å². The third kappa shape index (κ3) is 3.55. The highest BCUT2D eigenvalue weighted by atomic mass is 15.6. The quantitative estimate of drug-likeness (QED) is 0.897. The Balaban J connectivity index is 2.10. The predicted octanol–water partition coefficient (Wildman–Crippen LogP) is 1.05. The lowest BCUT2D eigenvalue weighted by Crippen LogP contribution is -2.61. The van der Waals surface area contributed by atoms with E-state index in [-0.39, 0.29) is 5.41 Å². The third-order valence-electron chi connectivity index (χ3n) is 4.17. The standard InChI is InChI=1S/C14H28N6/c1-10(2)11-7-15-12(14(3,4)5)8-20(11)9-13-16-18-19(6)17-13/h10-12,15H,7-9H2,1-6H3. The minimum atomic E-state index is 0.260. The fourth-order valence-corrected chi connectivity index (χ4v) is 2.81. The fourth-order valence-electron chi connectivity index (χ4n) is 2.81. The van der Waals surface area contributed by atoms with Gasteiger partial charge in [-0.2, -0.15) is 4.80 Å². The lowest BCUT2D eigenvalue weighted by atomic mass is 9.83. The van der Waals surface area contributed by atoms with Gasteiger partial charge in [0.25, 0.3) is 0 Å². The first-order chi connectivity index (χ1) is 9.27. The minimum absolute atomic E-state index is 0.260. The van der Waals surface area contributed by atoms with Crippen molar-refractivity contribution in [1.29, 1.82) is 0 Å². The van der Waals surface area contributed by atoms with Crippen LogP contribution in [0.1, 0.15) is 40.4 Å². The average molecular weight is 280 g/mol. The largest absolute Gasteiger partial charge is 0.311 e. The maximum Gasteiger partial charge on any atom is 0.188 e. The lowest BCUT2D eigenvalue weighted by Gasteiger charge is -2.46. The van der Waals surface area contributed by atoms with Crippen LogP contribution in [0.5, 0.6) is 0 Å². The van der Waals surface area contributed by atoms with Crippen LogP contribution in [-0.4, -0.2) is 50.3 Å². The van der Waals surface area contributed by atoms with Crippen molar-refractivity contribution >= 4 is 0 Å². The number of aromatic nitrogens is 4. The normalized spacial score (nSPS) is 25.4. The molecule has 6 heteroatoms. The SMILES string of the molecule is CC(C)C1CNC(C(C)(C)C)CN1Cc1nnn(C)n1. The molecule has 1 aromatic rings. The summed E-state index contributed by atoms with van der Waals surface area (Å²) in [5.74, 6) is 1.42. The molecule has 0 amide bonds. The Bertz CT molecular complexity index is 433. The Morgan fingerprint density at radius 2 is 2.05 bits per heavy atom. The molecule has 2 unspecified atom stereocenters. The summed E-state index contributed by atoms with van der Waals surface area (Å²) in [5, 5.41) is 16.1. The zero-order valence-electron chi connectivity index (χ0n) is 13.6. The molecule has 2 atom stereocenters. The molecule has 1 fully saturated rings. The van der Waals surface area contributed by atoms with E-state index in [1.165, 1.54) is 4.80 Å². The average Bonchev–Trinajstić information content (AvgIpc) is 2.73.